The van der Waals surface area contributed by atoms with Gasteiger partial charge in [-0.05, 0) is 6.92 Å². The van der Waals surface area contributed by atoms with E-state index in [1.807, 2.05) is 6.07 Å². The third-order valence-corrected chi connectivity index (χ3v) is 1.51. The molecule has 66 valence electrons. The van der Waals surface area contributed by atoms with Crippen molar-refractivity contribution in [3.63, 3.8) is 0 Å². The van der Waals surface area contributed by atoms with Crippen LogP contribution in [0.15, 0.2) is 30.3 Å². The maximum Gasteiger partial charge on any atom is 2.00 e. The van der Waals surface area contributed by atoms with E-state index < -0.39 is 0 Å². The summed E-state index contributed by atoms with van der Waals surface area (Å²) in [7, 11) is 0. The molecule has 0 aromatic heterocycles. The molecular formula is C10H12CaO2. The van der Waals surface area contributed by atoms with Gasteiger partial charge in [-0.3, -0.25) is 9.59 Å². The Bertz CT molecular complexity index is 302. The van der Waals surface area contributed by atoms with Gasteiger partial charge in [-0.2, -0.15) is 0 Å². The van der Waals surface area contributed by atoms with Crippen molar-refractivity contribution in [1.82, 2.24) is 0 Å². The number of ketones is 2. The summed E-state index contributed by atoms with van der Waals surface area (Å²) in [4.78, 5) is 21.8. The number of Topliss-reactive ketones (excluding diaryl/α,β-unsaturated/α-hetero) is 2. The van der Waals surface area contributed by atoms with E-state index in [9.17, 15) is 9.59 Å². The minimum Gasteiger partial charge on any atom is -1.00 e. The second kappa shape index (κ2) is 6.30. The second-order valence-electron chi connectivity index (χ2n) is 2.67. The average Bonchev–Trinajstić information content (AvgIpc) is 2.05. The van der Waals surface area contributed by atoms with E-state index in [0.717, 1.165) is 0 Å². The Kier molecular flexibility index (Phi) is 6.21. The molecule has 0 heterocycles. The summed E-state index contributed by atoms with van der Waals surface area (Å²) in [5.74, 6) is -0.202. The molecule has 0 atom stereocenters. The molecule has 0 radical (unpaired) electrons. The number of rotatable bonds is 3. The molecule has 1 rings (SSSR count). The number of hydrogen-bond acceptors (Lipinski definition) is 2. The van der Waals surface area contributed by atoms with Gasteiger partial charge in [-0.1, -0.05) is 30.3 Å². The SMILES string of the molecule is CC(=O)CC(=O)c1ccccc1.[Ca+2].[H-].[H-]. The minimum atomic E-state index is -0.108. The largest absolute Gasteiger partial charge is 2.00 e. The van der Waals surface area contributed by atoms with Gasteiger partial charge in [0, 0.05) is 5.56 Å². The van der Waals surface area contributed by atoms with Crippen LogP contribution in [0.4, 0.5) is 0 Å². The molecule has 1 aromatic carbocycles. The molecule has 0 saturated heterocycles. The maximum absolute atomic E-state index is 11.2. The van der Waals surface area contributed by atoms with E-state index >= 15 is 0 Å². The molecule has 0 N–H and O–H groups in total. The number of benzene rings is 1. The van der Waals surface area contributed by atoms with E-state index in [4.69, 9.17) is 0 Å². The van der Waals surface area contributed by atoms with Gasteiger partial charge in [0.25, 0.3) is 0 Å². The first-order valence-electron chi connectivity index (χ1n) is 3.78. The van der Waals surface area contributed by atoms with Crippen molar-refractivity contribution in [2.75, 3.05) is 0 Å². The van der Waals surface area contributed by atoms with Crippen LogP contribution in [0.1, 0.15) is 26.6 Å². The molecule has 0 unspecified atom stereocenters. The Hall–Kier alpha value is -0.180. The second-order valence-corrected chi connectivity index (χ2v) is 2.67. The van der Waals surface area contributed by atoms with Crippen molar-refractivity contribution in [2.24, 2.45) is 0 Å². The molecule has 0 fully saturated rings. The first-order valence-corrected chi connectivity index (χ1v) is 3.78. The zero-order valence-electron chi connectivity index (χ0n) is 9.62. The van der Waals surface area contributed by atoms with Crippen LogP contribution in [0.3, 0.4) is 0 Å². The minimum absolute atomic E-state index is 0. The summed E-state index contributed by atoms with van der Waals surface area (Å²) in [5.41, 5.74) is 0.604. The predicted octanol–water partition coefficient (Wildman–Crippen LogP) is 1.69. The van der Waals surface area contributed by atoms with Gasteiger partial charge in [0.15, 0.2) is 5.78 Å². The van der Waals surface area contributed by atoms with Crippen molar-refractivity contribution < 1.29 is 12.4 Å². The van der Waals surface area contributed by atoms with Gasteiger partial charge in [0.1, 0.15) is 5.78 Å². The van der Waals surface area contributed by atoms with Gasteiger partial charge >= 0.3 is 37.7 Å². The smallest absolute Gasteiger partial charge is 1.00 e. The van der Waals surface area contributed by atoms with Crippen LogP contribution in [0.25, 0.3) is 0 Å². The molecule has 0 spiro atoms. The number of hydrogen-bond donors (Lipinski definition) is 0. The van der Waals surface area contributed by atoms with Gasteiger partial charge in [-0.25, -0.2) is 0 Å². The third-order valence-electron chi connectivity index (χ3n) is 1.51. The zero-order valence-corrected chi connectivity index (χ0v) is 9.83. The van der Waals surface area contributed by atoms with Crippen molar-refractivity contribution in [1.29, 1.82) is 0 Å². The molecule has 1 aromatic rings. The summed E-state index contributed by atoms with van der Waals surface area (Å²) in [6.07, 6.45) is 0.00398. The summed E-state index contributed by atoms with van der Waals surface area (Å²) in [5, 5.41) is 0. The standard InChI is InChI=1S/C10H10O2.Ca.2H/c1-8(11)7-10(12)9-5-3-2-4-6-9;;;/h2-6H,7H2,1H3;;;/q;+2;2*-1. The fourth-order valence-electron chi connectivity index (χ4n) is 0.952. The molecule has 2 nitrogen and oxygen atoms in total. The Labute approximate surface area is 110 Å². The molecule has 0 aliphatic rings. The summed E-state index contributed by atoms with van der Waals surface area (Å²) in [6, 6.07) is 8.84. The average molecular weight is 204 g/mol. The quantitative estimate of drug-likeness (QED) is 0.426. The summed E-state index contributed by atoms with van der Waals surface area (Å²) in [6.45, 7) is 1.42. The van der Waals surface area contributed by atoms with Crippen molar-refractivity contribution >= 4 is 49.3 Å². The topological polar surface area (TPSA) is 34.1 Å². The van der Waals surface area contributed by atoms with Crippen LogP contribution >= 0.6 is 0 Å². The monoisotopic (exact) mass is 204 g/mol. The Balaban J connectivity index is -0.000000480. The fourth-order valence-corrected chi connectivity index (χ4v) is 0.952. The van der Waals surface area contributed by atoms with Gasteiger partial charge in [-0.15, -0.1) is 0 Å². The summed E-state index contributed by atoms with van der Waals surface area (Å²) >= 11 is 0. The van der Waals surface area contributed by atoms with E-state index in [1.165, 1.54) is 6.92 Å². The number of carbonyl (C=O) groups is 2. The van der Waals surface area contributed by atoms with Crippen molar-refractivity contribution in [2.45, 2.75) is 13.3 Å². The molecule has 0 amide bonds. The fraction of sp³-hybridized carbons (Fsp3) is 0.200. The first-order chi connectivity index (χ1) is 5.70. The zero-order chi connectivity index (χ0) is 8.97. The van der Waals surface area contributed by atoms with Crippen LogP contribution in [0.5, 0.6) is 0 Å². The van der Waals surface area contributed by atoms with Gasteiger partial charge in [0.05, 0.1) is 6.42 Å². The Morgan fingerprint density at radius 1 is 1.23 bits per heavy atom. The van der Waals surface area contributed by atoms with Crippen molar-refractivity contribution in [3.8, 4) is 0 Å². The summed E-state index contributed by atoms with van der Waals surface area (Å²) < 4.78 is 0. The Morgan fingerprint density at radius 2 is 1.77 bits per heavy atom. The normalized spacial score (nSPS) is 8.69. The maximum atomic E-state index is 11.2. The molecule has 13 heavy (non-hydrogen) atoms. The molecule has 3 heteroatoms. The van der Waals surface area contributed by atoms with Crippen LogP contribution < -0.4 is 0 Å². The molecule has 0 saturated carbocycles. The van der Waals surface area contributed by atoms with Gasteiger partial charge < -0.3 is 2.85 Å². The van der Waals surface area contributed by atoms with E-state index in [2.05, 4.69) is 0 Å². The molecule has 0 bridgehead atoms. The van der Waals surface area contributed by atoms with Crippen molar-refractivity contribution in [3.05, 3.63) is 35.9 Å². The Morgan fingerprint density at radius 3 is 2.23 bits per heavy atom. The van der Waals surface area contributed by atoms with Crippen LogP contribution in [0.2, 0.25) is 0 Å². The van der Waals surface area contributed by atoms with Crippen LogP contribution in [-0.2, 0) is 4.79 Å². The van der Waals surface area contributed by atoms with Crippen LogP contribution in [-0.4, -0.2) is 49.3 Å². The predicted molar refractivity (Wildman–Crippen MR) is 54.0 cm³/mol. The van der Waals surface area contributed by atoms with E-state index in [0.29, 0.717) is 5.56 Å². The van der Waals surface area contributed by atoms with Crippen LogP contribution in [0, 0.1) is 0 Å². The number of carbonyl (C=O) groups excluding carboxylic acids is 2. The first kappa shape index (κ1) is 12.8. The third kappa shape index (κ3) is 4.55. The van der Waals surface area contributed by atoms with E-state index in [-0.39, 0.29) is 58.6 Å². The molecular weight excluding hydrogens is 192 g/mol. The molecule has 0 aliphatic heterocycles. The van der Waals surface area contributed by atoms with E-state index in [1.54, 1.807) is 24.3 Å². The van der Waals surface area contributed by atoms with Gasteiger partial charge in [0.2, 0.25) is 0 Å². The molecule has 0 aliphatic carbocycles.